The summed E-state index contributed by atoms with van der Waals surface area (Å²) in [6, 6.07) is 5.69. The zero-order chi connectivity index (χ0) is 14.3. The number of hydrogen-bond donors (Lipinski definition) is 2. The predicted octanol–water partition coefficient (Wildman–Crippen LogP) is 4.31. The number of benzene rings is 1. The second kappa shape index (κ2) is 7.71. The van der Waals surface area contributed by atoms with Crippen LogP contribution in [0.3, 0.4) is 0 Å². The van der Waals surface area contributed by atoms with E-state index in [1.807, 2.05) is 18.2 Å². The van der Waals surface area contributed by atoms with Crippen LogP contribution in [0.2, 0.25) is 0 Å². The smallest absolute Gasteiger partial charge is 0.131 e. The van der Waals surface area contributed by atoms with Crippen LogP contribution >= 0.6 is 23.8 Å². The molecule has 0 aromatic heterocycles. The molecule has 0 unspecified atom stereocenters. The SMILES string of the molecule is C=Cc1cccc(NC(=S)CN/C(Cl)=C/F)c1C=C. The molecule has 1 aromatic carbocycles. The molecule has 0 aliphatic heterocycles. The van der Waals surface area contributed by atoms with Gasteiger partial charge in [-0.1, -0.05) is 61.3 Å². The lowest BCUT2D eigenvalue weighted by molar-refractivity contribution is 0.705. The number of nitrogens with one attached hydrogen (secondary N) is 2. The van der Waals surface area contributed by atoms with Gasteiger partial charge in [-0.15, -0.1) is 0 Å². The van der Waals surface area contributed by atoms with Crippen LogP contribution in [0, 0.1) is 0 Å². The van der Waals surface area contributed by atoms with Gasteiger partial charge in [-0.05, 0) is 11.6 Å². The molecule has 0 aliphatic carbocycles. The number of anilines is 1. The molecule has 1 aromatic rings. The molecule has 1 rings (SSSR count). The van der Waals surface area contributed by atoms with Crippen LogP contribution in [-0.4, -0.2) is 11.5 Å². The van der Waals surface area contributed by atoms with Gasteiger partial charge in [0.25, 0.3) is 0 Å². The molecule has 2 nitrogen and oxygen atoms in total. The van der Waals surface area contributed by atoms with E-state index in [0.717, 1.165) is 16.8 Å². The van der Waals surface area contributed by atoms with Gasteiger partial charge in [0.1, 0.15) is 11.5 Å². The maximum Gasteiger partial charge on any atom is 0.131 e. The van der Waals surface area contributed by atoms with Crippen LogP contribution in [0.4, 0.5) is 10.1 Å². The Morgan fingerprint density at radius 1 is 1.37 bits per heavy atom. The van der Waals surface area contributed by atoms with Crippen LogP contribution in [-0.2, 0) is 0 Å². The summed E-state index contributed by atoms with van der Waals surface area (Å²) in [6.07, 6.45) is 3.74. The largest absolute Gasteiger partial charge is 0.367 e. The van der Waals surface area contributed by atoms with Gasteiger partial charge in [0.05, 0.1) is 11.5 Å². The van der Waals surface area contributed by atoms with E-state index in [1.165, 1.54) is 0 Å². The van der Waals surface area contributed by atoms with Crippen molar-refractivity contribution in [1.29, 1.82) is 0 Å². The van der Waals surface area contributed by atoms with Gasteiger partial charge in [-0.3, -0.25) is 0 Å². The first-order chi connectivity index (χ1) is 9.12. The highest BCUT2D eigenvalue weighted by molar-refractivity contribution is 7.80. The Morgan fingerprint density at radius 3 is 2.68 bits per heavy atom. The summed E-state index contributed by atoms with van der Waals surface area (Å²) >= 11 is 10.6. The molecule has 5 heteroatoms. The molecule has 0 amide bonds. The van der Waals surface area contributed by atoms with Crippen molar-refractivity contribution in [2.24, 2.45) is 0 Å². The van der Waals surface area contributed by atoms with Crippen molar-refractivity contribution < 1.29 is 4.39 Å². The van der Waals surface area contributed by atoms with Gasteiger partial charge < -0.3 is 10.6 Å². The van der Waals surface area contributed by atoms with E-state index in [4.69, 9.17) is 23.8 Å². The summed E-state index contributed by atoms with van der Waals surface area (Å²) in [7, 11) is 0. The molecule has 19 heavy (non-hydrogen) atoms. The van der Waals surface area contributed by atoms with Crippen LogP contribution in [0.1, 0.15) is 11.1 Å². The average Bonchev–Trinajstić information content (AvgIpc) is 2.44. The van der Waals surface area contributed by atoms with Crippen molar-refractivity contribution in [1.82, 2.24) is 5.32 Å². The van der Waals surface area contributed by atoms with Crippen LogP contribution < -0.4 is 10.6 Å². The third-order valence-electron chi connectivity index (χ3n) is 2.35. The molecule has 0 atom stereocenters. The predicted molar refractivity (Wildman–Crippen MR) is 85.9 cm³/mol. The number of hydrogen-bond acceptors (Lipinski definition) is 2. The first-order valence-corrected chi connectivity index (χ1v) is 6.28. The Bertz CT molecular complexity index is 526. The average molecular weight is 297 g/mol. The summed E-state index contributed by atoms with van der Waals surface area (Å²) < 4.78 is 12.0. The highest BCUT2D eigenvalue weighted by atomic mass is 35.5. The molecule has 0 radical (unpaired) electrons. The van der Waals surface area contributed by atoms with E-state index >= 15 is 0 Å². The molecule has 2 N–H and O–H groups in total. The zero-order valence-corrected chi connectivity index (χ0v) is 11.8. The summed E-state index contributed by atoms with van der Waals surface area (Å²) in [5.41, 5.74) is 2.68. The van der Waals surface area contributed by atoms with Gasteiger partial charge in [0.2, 0.25) is 0 Å². The Morgan fingerprint density at radius 2 is 2.11 bits per heavy atom. The second-order valence-corrected chi connectivity index (χ2v) is 4.48. The van der Waals surface area contributed by atoms with E-state index in [0.29, 0.717) is 4.99 Å². The summed E-state index contributed by atoms with van der Waals surface area (Å²) in [5, 5.41) is 5.59. The number of thiocarbonyl (C=S) groups is 1. The van der Waals surface area contributed by atoms with E-state index in [1.54, 1.807) is 12.2 Å². The molecule has 0 bridgehead atoms. The van der Waals surface area contributed by atoms with Gasteiger partial charge in [0.15, 0.2) is 0 Å². The molecule has 0 aliphatic rings. The molecule has 100 valence electrons. The van der Waals surface area contributed by atoms with Crippen LogP contribution in [0.5, 0.6) is 0 Å². The lowest BCUT2D eigenvalue weighted by Gasteiger charge is -2.13. The molecule has 0 fully saturated rings. The number of rotatable bonds is 6. The quantitative estimate of drug-likeness (QED) is 0.604. The van der Waals surface area contributed by atoms with Gasteiger partial charge in [-0.2, -0.15) is 0 Å². The summed E-state index contributed by atoms with van der Waals surface area (Å²) in [6.45, 7) is 7.75. The molecular formula is C14H14ClFN2S. The maximum atomic E-state index is 12.0. The van der Waals surface area contributed by atoms with Gasteiger partial charge >= 0.3 is 0 Å². The van der Waals surface area contributed by atoms with Crippen LogP contribution in [0.25, 0.3) is 12.2 Å². The van der Waals surface area contributed by atoms with E-state index in [-0.39, 0.29) is 18.0 Å². The standard InChI is InChI=1S/C14H14ClFN2S/c1-3-10-6-5-7-12(11(10)4-2)18-14(19)9-17-13(15)8-16/h3-8,17H,1-2,9H2,(H,18,19)/b13-8+. The van der Waals surface area contributed by atoms with E-state index < -0.39 is 0 Å². The third kappa shape index (κ3) is 4.50. The Labute approximate surface area is 122 Å². The van der Waals surface area contributed by atoms with E-state index in [2.05, 4.69) is 23.8 Å². The lowest BCUT2D eigenvalue weighted by Crippen LogP contribution is -2.25. The fraction of sp³-hybridized carbons (Fsp3) is 0.0714. The van der Waals surface area contributed by atoms with Crippen molar-refractivity contribution in [3.63, 3.8) is 0 Å². The highest BCUT2D eigenvalue weighted by Gasteiger charge is 2.05. The molecule has 0 saturated carbocycles. The Hall–Kier alpha value is -1.65. The Balaban J connectivity index is 2.79. The van der Waals surface area contributed by atoms with Crippen molar-refractivity contribution >= 4 is 46.6 Å². The molecule has 0 heterocycles. The fourth-order valence-corrected chi connectivity index (χ4v) is 1.74. The van der Waals surface area contributed by atoms with Crippen molar-refractivity contribution in [2.75, 3.05) is 11.9 Å². The molecule has 0 spiro atoms. The summed E-state index contributed by atoms with van der Waals surface area (Å²) in [5.74, 6) is 0. The lowest BCUT2D eigenvalue weighted by atomic mass is 10.1. The zero-order valence-electron chi connectivity index (χ0n) is 10.2. The van der Waals surface area contributed by atoms with Crippen molar-refractivity contribution in [3.8, 4) is 0 Å². The van der Waals surface area contributed by atoms with Crippen molar-refractivity contribution in [3.05, 3.63) is 54.0 Å². The second-order valence-electron chi connectivity index (χ2n) is 3.58. The van der Waals surface area contributed by atoms with Crippen LogP contribution in [0.15, 0.2) is 42.8 Å². The molecular weight excluding hydrogens is 283 g/mol. The first-order valence-electron chi connectivity index (χ1n) is 5.49. The minimum atomic E-state index is -0.0899. The monoisotopic (exact) mass is 296 g/mol. The summed E-state index contributed by atoms with van der Waals surface area (Å²) in [4.78, 5) is 0.490. The minimum absolute atomic E-state index is 0.0899. The highest BCUT2D eigenvalue weighted by Crippen LogP contribution is 2.22. The minimum Gasteiger partial charge on any atom is -0.367 e. The first kappa shape index (κ1) is 15.4. The van der Waals surface area contributed by atoms with Gasteiger partial charge in [0, 0.05) is 11.3 Å². The van der Waals surface area contributed by atoms with E-state index in [9.17, 15) is 4.39 Å². The Kier molecular flexibility index (Phi) is 6.25. The third-order valence-corrected chi connectivity index (χ3v) is 2.81. The van der Waals surface area contributed by atoms with Gasteiger partial charge in [-0.25, -0.2) is 4.39 Å². The number of halogens is 2. The topological polar surface area (TPSA) is 24.1 Å². The maximum absolute atomic E-state index is 12.0. The molecule has 0 saturated heterocycles. The normalized spacial score (nSPS) is 10.7. The fourth-order valence-electron chi connectivity index (χ4n) is 1.50. The van der Waals surface area contributed by atoms with Crippen molar-refractivity contribution in [2.45, 2.75) is 0 Å².